The molecular weight excluding hydrogens is 368 g/mol. The second kappa shape index (κ2) is 8.53. The Morgan fingerprint density at radius 2 is 2.03 bits per heavy atom. The molecule has 7 nitrogen and oxygen atoms in total. The number of carbonyl (C=O) groups excluding carboxylic acids is 1. The van der Waals surface area contributed by atoms with Gasteiger partial charge in [-0.2, -0.15) is 0 Å². The van der Waals surface area contributed by atoms with Gasteiger partial charge in [0.2, 0.25) is 0 Å². The molecule has 2 aromatic heterocycles. The Bertz CT molecular complexity index is 975. The van der Waals surface area contributed by atoms with Crippen molar-refractivity contribution in [2.45, 2.75) is 38.9 Å². The van der Waals surface area contributed by atoms with Crippen LogP contribution in [0, 0.1) is 0 Å². The molecule has 3 heterocycles. The minimum atomic E-state index is -0.454. The lowest BCUT2D eigenvalue weighted by Crippen LogP contribution is -2.34. The average Bonchev–Trinajstić information content (AvgIpc) is 3.12. The van der Waals surface area contributed by atoms with Crippen molar-refractivity contribution in [2.24, 2.45) is 0 Å². The lowest BCUT2D eigenvalue weighted by molar-refractivity contribution is 0.130. The van der Waals surface area contributed by atoms with E-state index in [0.29, 0.717) is 5.69 Å². The van der Waals surface area contributed by atoms with E-state index in [-0.39, 0.29) is 12.2 Å². The molecule has 0 unspecified atom stereocenters. The van der Waals surface area contributed by atoms with E-state index in [1.54, 1.807) is 6.20 Å². The normalized spacial score (nSPS) is 14.9. The van der Waals surface area contributed by atoms with Crippen molar-refractivity contribution >= 4 is 22.7 Å². The van der Waals surface area contributed by atoms with E-state index in [4.69, 9.17) is 9.47 Å². The molecule has 0 bridgehead atoms. The van der Waals surface area contributed by atoms with E-state index < -0.39 is 6.09 Å². The summed E-state index contributed by atoms with van der Waals surface area (Å²) in [5.41, 5.74) is 1.70. The monoisotopic (exact) mass is 394 g/mol. The highest BCUT2D eigenvalue weighted by atomic mass is 16.6. The molecule has 1 saturated heterocycles. The van der Waals surface area contributed by atoms with E-state index in [1.807, 2.05) is 61.0 Å². The topological polar surface area (TPSA) is 77.4 Å². The van der Waals surface area contributed by atoms with E-state index in [2.05, 4.69) is 15.6 Å². The van der Waals surface area contributed by atoms with Gasteiger partial charge in [0.1, 0.15) is 17.7 Å². The molecule has 29 heavy (non-hydrogen) atoms. The van der Waals surface area contributed by atoms with Crippen molar-refractivity contribution in [3.8, 4) is 11.6 Å². The summed E-state index contributed by atoms with van der Waals surface area (Å²) >= 11 is 0. The van der Waals surface area contributed by atoms with Crippen LogP contribution in [-0.2, 0) is 4.74 Å². The van der Waals surface area contributed by atoms with Crippen molar-refractivity contribution in [3.63, 3.8) is 0 Å². The largest absolute Gasteiger partial charge is 0.489 e. The van der Waals surface area contributed by atoms with E-state index in [1.165, 1.54) is 0 Å². The van der Waals surface area contributed by atoms with Gasteiger partial charge in [-0.05, 0) is 76.2 Å². The summed E-state index contributed by atoms with van der Waals surface area (Å²) in [5.74, 6) is 1.62. The summed E-state index contributed by atoms with van der Waals surface area (Å²) in [7, 11) is 0. The SMILES string of the molecule is CC(C)OC(=O)Nc1ccc2c(ccn2-c2ccc(OC3CCNCC3)cn2)c1. The van der Waals surface area contributed by atoms with Crippen LogP contribution in [0.15, 0.2) is 48.8 Å². The van der Waals surface area contributed by atoms with Crippen molar-refractivity contribution < 1.29 is 14.3 Å². The fourth-order valence-corrected chi connectivity index (χ4v) is 3.47. The number of aromatic nitrogens is 2. The lowest BCUT2D eigenvalue weighted by Gasteiger charge is -2.23. The Balaban J connectivity index is 1.48. The smallest absolute Gasteiger partial charge is 0.411 e. The number of piperidine rings is 1. The van der Waals surface area contributed by atoms with Gasteiger partial charge in [-0.1, -0.05) is 0 Å². The van der Waals surface area contributed by atoms with Crippen LogP contribution >= 0.6 is 0 Å². The van der Waals surface area contributed by atoms with Crippen molar-refractivity contribution in [3.05, 3.63) is 48.8 Å². The van der Waals surface area contributed by atoms with Gasteiger partial charge in [0.25, 0.3) is 0 Å². The molecule has 1 aromatic carbocycles. The van der Waals surface area contributed by atoms with Gasteiger partial charge in [0.05, 0.1) is 17.8 Å². The molecule has 1 aliphatic rings. The number of ether oxygens (including phenoxy) is 2. The first-order chi connectivity index (χ1) is 14.1. The van der Waals surface area contributed by atoms with Crippen molar-refractivity contribution in [1.29, 1.82) is 0 Å². The standard InChI is InChI=1S/C22H26N4O3/c1-15(2)28-22(27)25-17-3-5-20-16(13-17)9-12-26(20)21-6-4-19(14-24-21)29-18-7-10-23-11-8-18/h3-6,9,12-15,18,23H,7-8,10-11H2,1-2H3,(H,25,27). The Morgan fingerprint density at radius 1 is 1.21 bits per heavy atom. The van der Waals surface area contributed by atoms with E-state index in [9.17, 15) is 4.79 Å². The summed E-state index contributed by atoms with van der Waals surface area (Å²) in [6.07, 6.45) is 5.43. The van der Waals surface area contributed by atoms with Crippen molar-refractivity contribution in [2.75, 3.05) is 18.4 Å². The number of nitrogens with one attached hydrogen (secondary N) is 2. The maximum absolute atomic E-state index is 11.8. The van der Waals surface area contributed by atoms with Crippen molar-refractivity contribution in [1.82, 2.24) is 14.9 Å². The predicted octanol–water partition coefficient (Wildman–Crippen LogP) is 4.11. The number of hydrogen-bond donors (Lipinski definition) is 2. The first-order valence-corrected chi connectivity index (χ1v) is 10.0. The third-order valence-electron chi connectivity index (χ3n) is 4.84. The Morgan fingerprint density at radius 3 is 2.76 bits per heavy atom. The van der Waals surface area contributed by atoms with Crippen LogP contribution in [-0.4, -0.2) is 40.9 Å². The van der Waals surface area contributed by atoms with Crippen LogP contribution in [0.4, 0.5) is 10.5 Å². The lowest BCUT2D eigenvalue weighted by atomic mass is 10.1. The molecule has 0 aliphatic carbocycles. The average molecular weight is 394 g/mol. The summed E-state index contributed by atoms with van der Waals surface area (Å²) in [5, 5.41) is 7.10. The van der Waals surface area contributed by atoms with Crippen LogP contribution in [0.5, 0.6) is 5.75 Å². The number of hydrogen-bond acceptors (Lipinski definition) is 5. The molecule has 7 heteroatoms. The minimum Gasteiger partial charge on any atom is -0.489 e. The summed E-state index contributed by atoms with van der Waals surface area (Å²) in [6.45, 7) is 5.63. The molecule has 3 aromatic rings. The number of amides is 1. The summed E-state index contributed by atoms with van der Waals surface area (Å²) in [4.78, 5) is 16.4. The number of fused-ring (bicyclic) bond motifs is 1. The first-order valence-electron chi connectivity index (χ1n) is 10.0. The van der Waals surface area contributed by atoms with Gasteiger partial charge in [0, 0.05) is 17.3 Å². The zero-order valence-corrected chi connectivity index (χ0v) is 16.7. The van der Waals surface area contributed by atoms with Gasteiger partial charge in [0.15, 0.2) is 0 Å². The fraction of sp³-hybridized carbons (Fsp3) is 0.364. The van der Waals surface area contributed by atoms with Gasteiger partial charge in [-0.3, -0.25) is 5.32 Å². The number of pyridine rings is 1. The number of benzene rings is 1. The molecular formula is C22H26N4O3. The van der Waals surface area contributed by atoms with Crippen LogP contribution in [0.3, 0.4) is 0 Å². The van der Waals surface area contributed by atoms with Crippen LogP contribution in [0.1, 0.15) is 26.7 Å². The summed E-state index contributed by atoms with van der Waals surface area (Å²) in [6, 6.07) is 11.7. The third kappa shape index (κ3) is 4.68. The highest BCUT2D eigenvalue weighted by Crippen LogP contribution is 2.24. The molecule has 1 fully saturated rings. The summed E-state index contributed by atoms with van der Waals surface area (Å²) < 4.78 is 13.2. The molecule has 2 N–H and O–H groups in total. The molecule has 4 rings (SSSR count). The minimum absolute atomic E-state index is 0.160. The third-order valence-corrected chi connectivity index (χ3v) is 4.84. The molecule has 152 valence electrons. The quantitative estimate of drug-likeness (QED) is 0.681. The molecule has 0 radical (unpaired) electrons. The van der Waals surface area contributed by atoms with Gasteiger partial charge < -0.3 is 19.4 Å². The number of carbonyl (C=O) groups is 1. The maximum Gasteiger partial charge on any atom is 0.411 e. The maximum atomic E-state index is 11.8. The molecule has 0 spiro atoms. The van der Waals surface area contributed by atoms with Gasteiger partial charge in [-0.15, -0.1) is 0 Å². The van der Waals surface area contributed by atoms with E-state index in [0.717, 1.165) is 48.4 Å². The van der Waals surface area contributed by atoms with Crippen LogP contribution < -0.4 is 15.4 Å². The fourth-order valence-electron chi connectivity index (χ4n) is 3.47. The number of rotatable bonds is 5. The predicted molar refractivity (Wildman–Crippen MR) is 113 cm³/mol. The van der Waals surface area contributed by atoms with Crippen LogP contribution in [0.25, 0.3) is 16.7 Å². The van der Waals surface area contributed by atoms with Gasteiger partial charge in [-0.25, -0.2) is 9.78 Å². The number of anilines is 1. The molecule has 1 aliphatic heterocycles. The van der Waals surface area contributed by atoms with E-state index >= 15 is 0 Å². The van der Waals surface area contributed by atoms with Crippen LogP contribution in [0.2, 0.25) is 0 Å². The Hall–Kier alpha value is -3.06. The molecule has 0 atom stereocenters. The molecule has 0 saturated carbocycles. The zero-order valence-electron chi connectivity index (χ0n) is 16.7. The second-order valence-electron chi connectivity index (χ2n) is 7.46. The van der Waals surface area contributed by atoms with Gasteiger partial charge >= 0.3 is 6.09 Å². The Labute approximate surface area is 170 Å². The Kier molecular flexibility index (Phi) is 5.67. The second-order valence-corrected chi connectivity index (χ2v) is 7.46. The number of nitrogens with zero attached hydrogens (tertiary/aromatic N) is 2. The highest BCUT2D eigenvalue weighted by Gasteiger charge is 2.15. The highest BCUT2D eigenvalue weighted by molar-refractivity contribution is 5.90. The first kappa shape index (κ1) is 19.3. The zero-order chi connectivity index (χ0) is 20.2. The molecule has 1 amide bonds.